The molecule has 5 fully saturated rings. The molecule has 3 atom stereocenters. The molecule has 0 aromatic heterocycles. The average Bonchev–Trinajstić information content (AvgIpc) is 2.97. The van der Waals surface area contributed by atoms with Gasteiger partial charge < -0.3 is 15.4 Å². The predicted molar refractivity (Wildman–Crippen MR) is 94.3 cm³/mol. The van der Waals surface area contributed by atoms with E-state index in [2.05, 4.69) is 10.6 Å². The highest BCUT2D eigenvalue weighted by Gasteiger charge is 2.61. The van der Waals surface area contributed by atoms with Crippen molar-refractivity contribution in [1.82, 2.24) is 15.5 Å². The minimum atomic E-state index is -0.994. The van der Waals surface area contributed by atoms with Crippen LogP contribution in [-0.2, 0) is 19.1 Å². The fraction of sp³-hybridized carbons (Fsp3) is 0.789. The molecule has 4 bridgehead atoms. The lowest BCUT2D eigenvalue weighted by atomic mass is 9.47. The number of amides is 4. The topological polar surface area (TPSA) is 105 Å². The molecule has 1 aliphatic heterocycles. The van der Waals surface area contributed by atoms with Crippen molar-refractivity contribution in [1.29, 1.82) is 0 Å². The van der Waals surface area contributed by atoms with E-state index in [0.29, 0.717) is 31.3 Å². The molecule has 0 spiro atoms. The quantitative estimate of drug-likeness (QED) is 0.710. The Bertz CT molecular complexity index is 691. The second-order valence-electron chi connectivity index (χ2n) is 8.97. The lowest BCUT2D eigenvalue weighted by Crippen LogP contribution is -2.65. The van der Waals surface area contributed by atoms with Crippen LogP contribution in [0.4, 0.5) is 4.79 Å². The average molecular weight is 377 g/mol. The summed E-state index contributed by atoms with van der Waals surface area (Å²) in [6.07, 6.45) is 4.03. The SMILES string of the molecule is CC(=O)NC12CC3CC(C1)CC(C(=O)OC(C)C(=O)N1CCNC1=O)(C3)C2. The van der Waals surface area contributed by atoms with Gasteiger partial charge in [0.15, 0.2) is 6.10 Å². The summed E-state index contributed by atoms with van der Waals surface area (Å²) in [4.78, 5) is 50.1. The summed E-state index contributed by atoms with van der Waals surface area (Å²) in [5.74, 6) is -0.0995. The van der Waals surface area contributed by atoms with E-state index in [-0.39, 0.29) is 17.4 Å². The van der Waals surface area contributed by atoms with Crippen molar-refractivity contribution in [3.05, 3.63) is 0 Å². The zero-order valence-electron chi connectivity index (χ0n) is 15.9. The zero-order chi connectivity index (χ0) is 19.4. The van der Waals surface area contributed by atoms with Gasteiger partial charge in [-0.2, -0.15) is 0 Å². The van der Waals surface area contributed by atoms with Crippen molar-refractivity contribution in [2.45, 2.75) is 64.0 Å². The number of imide groups is 1. The minimum Gasteiger partial charge on any atom is -0.452 e. The van der Waals surface area contributed by atoms with E-state index in [1.165, 1.54) is 13.8 Å². The number of ether oxygens (including phenoxy) is 1. The fourth-order valence-electron chi connectivity index (χ4n) is 6.26. The second-order valence-corrected chi connectivity index (χ2v) is 8.97. The monoisotopic (exact) mass is 377 g/mol. The third kappa shape index (κ3) is 3.08. The Hall–Kier alpha value is -2.12. The van der Waals surface area contributed by atoms with Crippen LogP contribution in [0.5, 0.6) is 0 Å². The number of carbonyl (C=O) groups is 4. The minimum absolute atomic E-state index is 0.0657. The van der Waals surface area contributed by atoms with Crippen LogP contribution < -0.4 is 10.6 Å². The van der Waals surface area contributed by atoms with Crippen LogP contribution >= 0.6 is 0 Å². The molecule has 0 radical (unpaired) electrons. The van der Waals surface area contributed by atoms with Gasteiger partial charge in [-0.05, 0) is 57.3 Å². The second kappa shape index (κ2) is 6.21. The van der Waals surface area contributed by atoms with Crippen LogP contribution in [0.3, 0.4) is 0 Å². The van der Waals surface area contributed by atoms with Crippen molar-refractivity contribution >= 4 is 23.8 Å². The first-order valence-electron chi connectivity index (χ1n) is 9.81. The van der Waals surface area contributed by atoms with Gasteiger partial charge in [0.1, 0.15) is 0 Å². The molecule has 148 valence electrons. The Morgan fingerprint density at radius 1 is 1.22 bits per heavy atom. The van der Waals surface area contributed by atoms with Gasteiger partial charge in [-0.1, -0.05) is 0 Å². The Morgan fingerprint density at radius 2 is 1.89 bits per heavy atom. The molecule has 3 unspecified atom stereocenters. The molecule has 8 heteroatoms. The summed E-state index contributed by atoms with van der Waals surface area (Å²) in [6, 6.07) is -0.442. The van der Waals surface area contributed by atoms with Gasteiger partial charge in [-0.3, -0.25) is 19.3 Å². The molecule has 8 nitrogen and oxygen atoms in total. The van der Waals surface area contributed by atoms with Crippen molar-refractivity contribution in [3.8, 4) is 0 Å². The van der Waals surface area contributed by atoms with Gasteiger partial charge in [0.25, 0.3) is 5.91 Å². The van der Waals surface area contributed by atoms with E-state index in [4.69, 9.17) is 4.74 Å². The van der Waals surface area contributed by atoms with Crippen LogP contribution in [0.25, 0.3) is 0 Å². The van der Waals surface area contributed by atoms with Crippen molar-refractivity contribution in [2.24, 2.45) is 17.3 Å². The Balaban J connectivity index is 1.49. The Kier molecular flexibility index (Phi) is 4.20. The first-order chi connectivity index (χ1) is 12.7. The van der Waals surface area contributed by atoms with Crippen LogP contribution in [0, 0.1) is 17.3 Å². The van der Waals surface area contributed by atoms with Crippen molar-refractivity contribution in [2.75, 3.05) is 13.1 Å². The van der Waals surface area contributed by atoms with E-state index < -0.39 is 23.5 Å². The summed E-state index contributed by atoms with van der Waals surface area (Å²) in [5, 5.41) is 5.69. The molecule has 0 aromatic carbocycles. The molecular weight excluding hydrogens is 350 g/mol. The van der Waals surface area contributed by atoms with Gasteiger partial charge in [-0.25, -0.2) is 4.79 Å². The first kappa shape index (κ1) is 18.3. The van der Waals surface area contributed by atoms with Crippen molar-refractivity contribution < 1.29 is 23.9 Å². The summed E-state index contributed by atoms with van der Waals surface area (Å²) in [5.41, 5.74) is -0.953. The molecule has 4 saturated carbocycles. The third-order valence-electron chi connectivity index (χ3n) is 6.69. The highest BCUT2D eigenvalue weighted by Crippen LogP contribution is 2.62. The smallest absolute Gasteiger partial charge is 0.324 e. The Labute approximate surface area is 158 Å². The number of urea groups is 1. The number of hydrogen-bond acceptors (Lipinski definition) is 5. The molecule has 27 heavy (non-hydrogen) atoms. The number of esters is 1. The first-order valence-corrected chi connectivity index (χ1v) is 9.81. The summed E-state index contributed by atoms with van der Waals surface area (Å²) < 4.78 is 5.58. The molecule has 1 heterocycles. The molecule has 0 aromatic rings. The normalized spacial score (nSPS) is 37.7. The predicted octanol–water partition coefficient (Wildman–Crippen LogP) is 0.945. The highest BCUT2D eigenvalue weighted by molar-refractivity contribution is 5.98. The van der Waals surface area contributed by atoms with Gasteiger partial charge in [-0.15, -0.1) is 0 Å². The highest BCUT2D eigenvalue weighted by atomic mass is 16.5. The zero-order valence-corrected chi connectivity index (χ0v) is 15.9. The standard InChI is InChI=1S/C19H27N3O5/c1-11(15(24)22-4-3-20-17(22)26)27-16(25)18-6-13-5-14(7-18)9-19(8-13,10-18)21-12(2)23/h11,13-14H,3-10H2,1-2H3,(H,20,26)(H,21,23). The van der Waals surface area contributed by atoms with Gasteiger partial charge in [0.05, 0.1) is 5.41 Å². The van der Waals surface area contributed by atoms with Gasteiger partial charge in [0.2, 0.25) is 5.91 Å². The molecule has 4 amide bonds. The van der Waals surface area contributed by atoms with Gasteiger partial charge in [0, 0.05) is 25.6 Å². The molecule has 1 saturated heterocycles. The summed E-state index contributed by atoms with van der Waals surface area (Å²) in [6.45, 7) is 3.75. The van der Waals surface area contributed by atoms with E-state index in [9.17, 15) is 19.2 Å². The maximum atomic E-state index is 13.1. The van der Waals surface area contributed by atoms with Crippen LogP contribution in [0.1, 0.15) is 52.4 Å². The molecule has 5 aliphatic rings. The van der Waals surface area contributed by atoms with E-state index in [1.807, 2.05) is 0 Å². The van der Waals surface area contributed by atoms with Crippen LogP contribution in [0.2, 0.25) is 0 Å². The van der Waals surface area contributed by atoms with E-state index in [1.54, 1.807) is 0 Å². The number of nitrogens with one attached hydrogen (secondary N) is 2. The molecular formula is C19H27N3O5. The third-order valence-corrected chi connectivity index (χ3v) is 6.69. The van der Waals surface area contributed by atoms with Crippen LogP contribution in [0.15, 0.2) is 0 Å². The van der Waals surface area contributed by atoms with Crippen molar-refractivity contribution in [3.63, 3.8) is 0 Å². The molecule has 5 rings (SSSR count). The molecule has 2 N–H and O–H groups in total. The number of carbonyl (C=O) groups excluding carboxylic acids is 4. The summed E-state index contributed by atoms with van der Waals surface area (Å²) in [7, 11) is 0. The van der Waals surface area contributed by atoms with Crippen LogP contribution in [-0.4, -0.2) is 53.4 Å². The number of nitrogens with zero attached hydrogens (tertiary/aromatic N) is 1. The lowest BCUT2D eigenvalue weighted by Gasteiger charge is -2.60. The maximum absolute atomic E-state index is 13.1. The molecule has 4 aliphatic carbocycles. The number of rotatable bonds is 4. The summed E-state index contributed by atoms with van der Waals surface area (Å²) >= 11 is 0. The van der Waals surface area contributed by atoms with E-state index >= 15 is 0 Å². The lowest BCUT2D eigenvalue weighted by molar-refractivity contribution is -0.183. The number of hydrogen-bond donors (Lipinski definition) is 2. The fourth-order valence-corrected chi connectivity index (χ4v) is 6.26. The Morgan fingerprint density at radius 3 is 2.44 bits per heavy atom. The maximum Gasteiger partial charge on any atom is 0.324 e. The van der Waals surface area contributed by atoms with Gasteiger partial charge >= 0.3 is 12.0 Å². The van der Waals surface area contributed by atoms with E-state index in [0.717, 1.165) is 37.0 Å². The largest absolute Gasteiger partial charge is 0.452 e.